The van der Waals surface area contributed by atoms with E-state index in [1.54, 1.807) is 27.0 Å². The number of rotatable bonds is 4. The Morgan fingerprint density at radius 2 is 2.24 bits per heavy atom. The molecule has 0 aliphatic rings. The van der Waals surface area contributed by atoms with Crippen LogP contribution in [0, 0.1) is 6.92 Å². The highest BCUT2D eigenvalue weighted by atomic mass is 16.3. The second kappa shape index (κ2) is 5.27. The predicted octanol–water partition coefficient (Wildman–Crippen LogP) is 1.21. The quantitative estimate of drug-likeness (QED) is 0.826. The van der Waals surface area contributed by atoms with Gasteiger partial charge in [-0.05, 0) is 39.3 Å². The number of amides is 1. The predicted molar refractivity (Wildman–Crippen MR) is 66.6 cm³/mol. The number of hydrogen-bond acceptors (Lipinski definition) is 3. The first-order chi connectivity index (χ1) is 7.80. The van der Waals surface area contributed by atoms with E-state index in [-0.39, 0.29) is 18.4 Å². The van der Waals surface area contributed by atoms with Crippen molar-refractivity contribution < 1.29 is 9.90 Å². The summed E-state index contributed by atoms with van der Waals surface area (Å²) in [5.41, 5.74) is 0.848. The molecule has 1 heterocycles. The Labute approximate surface area is 102 Å². The molecule has 2 N–H and O–H groups in total. The summed E-state index contributed by atoms with van der Waals surface area (Å²) in [6, 6.07) is 3.48. The summed E-state index contributed by atoms with van der Waals surface area (Å²) in [5.74, 6) is -0.124. The van der Waals surface area contributed by atoms with Crippen molar-refractivity contribution in [1.82, 2.24) is 10.3 Å². The smallest absolute Gasteiger partial charge is 0.226 e. The number of pyridine rings is 1. The Morgan fingerprint density at radius 1 is 1.59 bits per heavy atom. The van der Waals surface area contributed by atoms with Gasteiger partial charge in [0.2, 0.25) is 5.91 Å². The van der Waals surface area contributed by atoms with E-state index in [0.717, 1.165) is 11.3 Å². The van der Waals surface area contributed by atoms with Crippen molar-refractivity contribution >= 4 is 5.91 Å². The van der Waals surface area contributed by atoms with Crippen molar-refractivity contribution in [3.8, 4) is 0 Å². The van der Waals surface area contributed by atoms with Gasteiger partial charge >= 0.3 is 0 Å². The molecule has 1 atom stereocenters. The molecule has 1 rings (SSSR count). The van der Waals surface area contributed by atoms with Crippen LogP contribution in [0.15, 0.2) is 18.3 Å². The van der Waals surface area contributed by atoms with Gasteiger partial charge < -0.3 is 10.4 Å². The third-order valence-corrected chi connectivity index (χ3v) is 2.88. The Balaban J connectivity index is 2.60. The van der Waals surface area contributed by atoms with E-state index in [1.165, 1.54) is 0 Å². The van der Waals surface area contributed by atoms with Crippen LogP contribution in [0.3, 0.4) is 0 Å². The largest absolute Gasteiger partial charge is 0.388 e. The fourth-order valence-corrected chi connectivity index (χ4v) is 1.32. The number of aliphatic hydroxyl groups is 1. The van der Waals surface area contributed by atoms with Gasteiger partial charge in [-0.15, -0.1) is 0 Å². The highest BCUT2D eigenvalue weighted by molar-refractivity contribution is 5.78. The topological polar surface area (TPSA) is 62.2 Å². The molecule has 4 nitrogen and oxygen atoms in total. The molecule has 0 spiro atoms. The molecular weight excluding hydrogens is 216 g/mol. The Bertz CT molecular complexity index is 397. The molecular formula is C13H20N2O2. The van der Waals surface area contributed by atoms with Crippen molar-refractivity contribution in [2.75, 3.05) is 0 Å². The maximum Gasteiger partial charge on any atom is 0.226 e. The van der Waals surface area contributed by atoms with Crippen LogP contribution in [0.1, 0.15) is 32.0 Å². The van der Waals surface area contributed by atoms with Crippen LogP contribution < -0.4 is 5.32 Å². The van der Waals surface area contributed by atoms with Crippen LogP contribution in [0.5, 0.6) is 0 Å². The first-order valence-electron chi connectivity index (χ1n) is 5.73. The molecule has 0 aliphatic carbocycles. The van der Waals surface area contributed by atoms with Crippen molar-refractivity contribution in [3.05, 3.63) is 29.6 Å². The van der Waals surface area contributed by atoms with E-state index < -0.39 is 5.60 Å². The highest BCUT2D eigenvalue weighted by Crippen LogP contribution is 2.08. The summed E-state index contributed by atoms with van der Waals surface area (Å²) in [5, 5.41) is 12.5. The zero-order chi connectivity index (χ0) is 13.1. The fraction of sp³-hybridized carbons (Fsp3) is 0.538. The molecule has 94 valence electrons. The maximum absolute atomic E-state index is 11.8. The summed E-state index contributed by atoms with van der Waals surface area (Å²) in [6.45, 7) is 7.05. The van der Waals surface area contributed by atoms with Crippen LogP contribution in [-0.4, -0.2) is 27.6 Å². The molecule has 17 heavy (non-hydrogen) atoms. The van der Waals surface area contributed by atoms with Gasteiger partial charge in [-0.25, -0.2) is 0 Å². The third-order valence-electron chi connectivity index (χ3n) is 2.88. The average Bonchev–Trinajstić information content (AvgIpc) is 2.20. The lowest BCUT2D eigenvalue weighted by Crippen LogP contribution is -2.47. The van der Waals surface area contributed by atoms with Crippen molar-refractivity contribution in [2.45, 2.75) is 45.8 Å². The summed E-state index contributed by atoms with van der Waals surface area (Å²) >= 11 is 0. The van der Waals surface area contributed by atoms with E-state index in [1.807, 2.05) is 19.1 Å². The van der Waals surface area contributed by atoms with Gasteiger partial charge in [-0.3, -0.25) is 9.78 Å². The molecule has 1 unspecified atom stereocenters. The van der Waals surface area contributed by atoms with E-state index in [0.29, 0.717) is 0 Å². The highest BCUT2D eigenvalue weighted by Gasteiger charge is 2.23. The minimum Gasteiger partial charge on any atom is -0.388 e. The molecule has 1 aromatic rings. The standard InChI is InChI=1S/C13H20N2O2/c1-9-6-5-7-14-11(9)8-12(16)15-10(2)13(3,4)17/h5-7,10,17H,8H2,1-4H3,(H,15,16). The summed E-state index contributed by atoms with van der Waals surface area (Å²) in [7, 11) is 0. The van der Waals surface area contributed by atoms with Gasteiger partial charge in [0, 0.05) is 6.20 Å². The second-order valence-electron chi connectivity index (χ2n) is 4.89. The van der Waals surface area contributed by atoms with Crippen LogP contribution in [0.2, 0.25) is 0 Å². The third kappa shape index (κ3) is 4.15. The van der Waals surface area contributed by atoms with Gasteiger partial charge in [0.25, 0.3) is 0 Å². The maximum atomic E-state index is 11.8. The minimum absolute atomic E-state index is 0.124. The second-order valence-corrected chi connectivity index (χ2v) is 4.89. The van der Waals surface area contributed by atoms with Crippen LogP contribution in [-0.2, 0) is 11.2 Å². The summed E-state index contributed by atoms with van der Waals surface area (Å²) in [4.78, 5) is 15.9. The van der Waals surface area contributed by atoms with E-state index in [2.05, 4.69) is 10.3 Å². The molecule has 1 amide bonds. The molecule has 0 saturated heterocycles. The lowest BCUT2D eigenvalue weighted by atomic mass is 10.0. The number of carbonyl (C=O) groups excluding carboxylic acids is 1. The molecule has 0 bridgehead atoms. The monoisotopic (exact) mass is 236 g/mol. The lowest BCUT2D eigenvalue weighted by molar-refractivity contribution is -0.122. The number of nitrogens with one attached hydrogen (secondary N) is 1. The molecule has 0 saturated carbocycles. The number of aromatic nitrogens is 1. The Hall–Kier alpha value is -1.42. The normalized spacial score (nSPS) is 13.2. The molecule has 0 fully saturated rings. The van der Waals surface area contributed by atoms with Gasteiger partial charge in [-0.1, -0.05) is 6.07 Å². The molecule has 0 radical (unpaired) electrons. The van der Waals surface area contributed by atoms with Gasteiger partial charge in [0.15, 0.2) is 0 Å². The minimum atomic E-state index is -0.922. The zero-order valence-electron chi connectivity index (χ0n) is 10.8. The van der Waals surface area contributed by atoms with Crippen molar-refractivity contribution in [2.24, 2.45) is 0 Å². The summed E-state index contributed by atoms with van der Waals surface area (Å²) < 4.78 is 0. The first-order valence-corrected chi connectivity index (χ1v) is 5.73. The van der Waals surface area contributed by atoms with Crippen LogP contribution >= 0.6 is 0 Å². The molecule has 1 aromatic heterocycles. The summed E-state index contributed by atoms with van der Waals surface area (Å²) in [6.07, 6.45) is 1.92. The SMILES string of the molecule is Cc1cccnc1CC(=O)NC(C)C(C)(C)O. The van der Waals surface area contributed by atoms with E-state index in [4.69, 9.17) is 0 Å². The number of hydrogen-bond donors (Lipinski definition) is 2. The van der Waals surface area contributed by atoms with Gasteiger partial charge in [0.05, 0.1) is 23.8 Å². The van der Waals surface area contributed by atoms with E-state index in [9.17, 15) is 9.90 Å². The average molecular weight is 236 g/mol. The lowest BCUT2D eigenvalue weighted by Gasteiger charge is -2.26. The van der Waals surface area contributed by atoms with Crippen LogP contribution in [0.25, 0.3) is 0 Å². The molecule has 0 aliphatic heterocycles. The molecule has 0 aromatic carbocycles. The van der Waals surface area contributed by atoms with Crippen LogP contribution in [0.4, 0.5) is 0 Å². The van der Waals surface area contributed by atoms with Crippen molar-refractivity contribution in [3.63, 3.8) is 0 Å². The molecule has 4 heteroatoms. The number of aryl methyl sites for hydroxylation is 1. The Kier molecular flexibility index (Phi) is 4.23. The van der Waals surface area contributed by atoms with Crippen molar-refractivity contribution in [1.29, 1.82) is 0 Å². The number of carbonyl (C=O) groups is 1. The first kappa shape index (κ1) is 13.6. The van der Waals surface area contributed by atoms with Gasteiger partial charge in [-0.2, -0.15) is 0 Å². The van der Waals surface area contributed by atoms with E-state index >= 15 is 0 Å². The van der Waals surface area contributed by atoms with Gasteiger partial charge in [0.1, 0.15) is 0 Å². The zero-order valence-corrected chi connectivity index (χ0v) is 10.8. The number of nitrogens with zero attached hydrogens (tertiary/aromatic N) is 1. The Morgan fingerprint density at radius 3 is 2.76 bits per heavy atom. The fourth-order valence-electron chi connectivity index (χ4n) is 1.32.